The van der Waals surface area contributed by atoms with Gasteiger partial charge in [-0.1, -0.05) is 12.1 Å². The fourth-order valence-electron chi connectivity index (χ4n) is 2.75. The van der Waals surface area contributed by atoms with Crippen LogP contribution in [0, 0.1) is 5.92 Å². The maximum Gasteiger partial charge on any atom is 0.422 e. The van der Waals surface area contributed by atoms with E-state index in [0.717, 1.165) is 12.8 Å². The van der Waals surface area contributed by atoms with E-state index in [1.807, 2.05) is 0 Å². The van der Waals surface area contributed by atoms with E-state index < -0.39 is 24.6 Å². The van der Waals surface area contributed by atoms with Gasteiger partial charge >= 0.3 is 6.18 Å². The third-order valence-corrected chi connectivity index (χ3v) is 4.27. The molecular formula is C17H24F3NO3. The first-order chi connectivity index (χ1) is 11.1. The van der Waals surface area contributed by atoms with Gasteiger partial charge in [0.15, 0.2) is 6.61 Å². The summed E-state index contributed by atoms with van der Waals surface area (Å²) in [5.74, 6) is 0.348. The molecule has 1 aliphatic carbocycles. The van der Waals surface area contributed by atoms with Crippen molar-refractivity contribution in [3.8, 4) is 5.75 Å². The van der Waals surface area contributed by atoms with Gasteiger partial charge in [0.05, 0.1) is 5.60 Å². The van der Waals surface area contributed by atoms with Crippen molar-refractivity contribution in [3.05, 3.63) is 29.8 Å². The highest BCUT2D eigenvalue weighted by atomic mass is 19.4. The molecule has 1 fully saturated rings. The Kier molecular flexibility index (Phi) is 5.78. The summed E-state index contributed by atoms with van der Waals surface area (Å²) in [6.07, 6.45) is -3.16. The Hall–Kier alpha value is -1.31. The molecule has 0 radical (unpaired) electrons. The van der Waals surface area contributed by atoms with Gasteiger partial charge in [-0.25, -0.2) is 0 Å². The van der Waals surface area contributed by atoms with Crippen LogP contribution in [0.25, 0.3) is 0 Å². The molecule has 1 aromatic carbocycles. The molecule has 0 saturated heterocycles. The molecule has 7 heteroatoms. The zero-order valence-corrected chi connectivity index (χ0v) is 13.8. The van der Waals surface area contributed by atoms with E-state index in [1.165, 1.54) is 12.1 Å². The lowest BCUT2D eigenvalue weighted by molar-refractivity contribution is -0.153. The summed E-state index contributed by atoms with van der Waals surface area (Å²) in [6, 6.07) is 6.01. The Morgan fingerprint density at radius 3 is 2.58 bits per heavy atom. The Labute approximate surface area is 139 Å². The Morgan fingerprint density at radius 1 is 1.33 bits per heavy atom. The molecular weight excluding hydrogens is 323 g/mol. The van der Waals surface area contributed by atoms with E-state index in [1.54, 1.807) is 26.0 Å². The maximum atomic E-state index is 12.2. The summed E-state index contributed by atoms with van der Waals surface area (Å²) in [6.45, 7) is 2.16. The third-order valence-electron chi connectivity index (χ3n) is 4.27. The summed E-state index contributed by atoms with van der Waals surface area (Å²) >= 11 is 0. The van der Waals surface area contributed by atoms with Crippen molar-refractivity contribution in [2.24, 2.45) is 5.92 Å². The molecule has 24 heavy (non-hydrogen) atoms. The topological polar surface area (TPSA) is 61.7 Å². The van der Waals surface area contributed by atoms with Crippen molar-refractivity contribution in [2.75, 3.05) is 6.61 Å². The number of rotatable bonds is 8. The monoisotopic (exact) mass is 347 g/mol. The van der Waals surface area contributed by atoms with Crippen molar-refractivity contribution in [3.63, 3.8) is 0 Å². The van der Waals surface area contributed by atoms with Crippen LogP contribution in [0.3, 0.4) is 0 Å². The number of aliphatic hydroxyl groups excluding tert-OH is 1. The van der Waals surface area contributed by atoms with Gasteiger partial charge in [0.25, 0.3) is 0 Å². The van der Waals surface area contributed by atoms with E-state index in [0.29, 0.717) is 5.56 Å². The van der Waals surface area contributed by atoms with E-state index in [2.05, 4.69) is 5.32 Å². The quantitative estimate of drug-likeness (QED) is 0.632. The van der Waals surface area contributed by atoms with Crippen molar-refractivity contribution in [2.45, 2.75) is 57.2 Å². The first-order valence-corrected chi connectivity index (χ1v) is 8.03. The highest BCUT2D eigenvalue weighted by molar-refractivity contribution is 5.30. The molecule has 0 aliphatic heterocycles. The van der Waals surface area contributed by atoms with Crippen LogP contribution in [-0.2, 0) is 0 Å². The van der Waals surface area contributed by atoms with Gasteiger partial charge in [0.1, 0.15) is 12.0 Å². The van der Waals surface area contributed by atoms with Crippen molar-refractivity contribution >= 4 is 0 Å². The zero-order valence-electron chi connectivity index (χ0n) is 13.8. The van der Waals surface area contributed by atoms with Gasteiger partial charge in [0, 0.05) is 12.5 Å². The van der Waals surface area contributed by atoms with Crippen molar-refractivity contribution in [1.29, 1.82) is 0 Å². The molecule has 3 atom stereocenters. The minimum Gasteiger partial charge on any atom is -0.484 e. The summed E-state index contributed by atoms with van der Waals surface area (Å²) in [5, 5.41) is 23.3. The fraction of sp³-hybridized carbons (Fsp3) is 0.647. The minimum atomic E-state index is -4.38. The summed E-state index contributed by atoms with van der Waals surface area (Å²) < 4.78 is 41.3. The van der Waals surface area contributed by atoms with Crippen LogP contribution < -0.4 is 10.1 Å². The predicted molar refractivity (Wildman–Crippen MR) is 83.5 cm³/mol. The van der Waals surface area contributed by atoms with E-state index in [9.17, 15) is 23.4 Å². The van der Waals surface area contributed by atoms with Crippen LogP contribution in [0.1, 0.15) is 44.7 Å². The average molecular weight is 347 g/mol. The van der Waals surface area contributed by atoms with Gasteiger partial charge in [-0.05, 0) is 50.3 Å². The molecule has 0 amide bonds. The van der Waals surface area contributed by atoms with Gasteiger partial charge < -0.3 is 14.9 Å². The molecule has 0 heterocycles. The number of halogens is 3. The number of nitrogens with one attached hydrogen (secondary N) is 1. The van der Waals surface area contributed by atoms with Crippen LogP contribution in [0.5, 0.6) is 5.75 Å². The lowest BCUT2D eigenvalue weighted by atomic mass is 9.95. The molecule has 3 N–H and O–H groups in total. The molecule has 1 saturated carbocycles. The smallest absolute Gasteiger partial charge is 0.422 e. The molecule has 0 aromatic heterocycles. The standard InChI is InChI=1S/C17H24F3NO3/c1-11(21-15(22)9-16(2,23)13-6-7-13)12-4-3-5-14(8-12)24-10-17(18,19)20/h3-5,8,11,13,15,21-23H,6-7,9-10H2,1-2H3/t11?,15?,16-/m1/s1. The number of alkyl halides is 3. The first-order valence-electron chi connectivity index (χ1n) is 8.03. The largest absolute Gasteiger partial charge is 0.484 e. The van der Waals surface area contributed by atoms with Crippen LogP contribution in [0.4, 0.5) is 13.2 Å². The first kappa shape index (κ1) is 19.0. The van der Waals surface area contributed by atoms with Crippen LogP contribution in [0.15, 0.2) is 24.3 Å². The highest BCUT2D eigenvalue weighted by Gasteiger charge is 2.41. The van der Waals surface area contributed by atoms with E-state index >= 15 is 0 Å². The molecule has 2 rings (SSSR count). The Balaban J connectivity index is 1.90. The molecule has 0 bridgehead atoms. The minimum absolute atomic E-state index is 0.123. The number of benzene rings is 1. The number of ether oxygens (including phenoxy) is 1. The number of hydrogen-bond donors (Lipinski definition) is 3. The summed E-state index contributed by atoms with van der Waals surface area (Å²) in [4.78, 5) is 0. The van der Waals surface area contributed by atoms with Crippen molar-refractivity contribution < 1.29 is 28.1 Å². The molecule has 1 aromatic rings. The number of hydrogen-bond acceptors (Lipinski definition) is 4. The molecule has 0 spiro atoms. The van der Waals surface area contributed by atoms with Crippen molar-refractivity contribution in [1.82, 2.24) is 5.32 Å². The predicted octanol–water partition coefficient (Wildman–Crippen LogP) is 3.15. The Morgan fingerprint density at radius 2 is 2.00 bits per heavy atom. The number of aliphatic hydroxyl groups is 2. The molecule has 136 valence electrons. The normalized spacial score (nSPS) is 20.3. The molecule has 1 aliphatic rings. The Bertz CT molecular complexity index is 544. The molecule has 2 unspecified atom stereocenters. The average Bonchev–Trinajstić information content (AvgIpc) is 3.29. The lowest BCUT2D eigenvalue weighted by Gasteiger charge is -2.28. The molecule has 4 nitrogen and oxygen atoms in total. The van der Waals surface area contributed by atoms with Gasteiger partial charge in [0.2, 0.25) is 0 Å². The van der Waals surface area contributed by atoms with Crippen LogP contribution in [-0.4, -0.2) is 34.8 Å². The van der Waals surface area contributed by atoms with E-state index in [-0.39, 0.29) is 24.1 Å². The zero-order chi connectivity index (χ0) is 18.0. The fourth-order valence-corrected chi connectivity index (χ4v) is 2.75. The maximum absolute atomic E-state index is 12.2. The highest BCUT2D eigenvalue weighted by Crippen LogP contribution is 2.41. The van der Waals surface area contributed by atoms with Gasteiger partial charge in [-0.15, -0.1) is 0 Å². The second kappa shape index (κ2) is 7.29. The van der Waals surface area contributed by atoms with Crippen LogP contribution >= 0.6 is 0 Å². The van der Waals surface area contributed by atoms with Crippen LogP contribution in [0.2, 0.25) is 0 Å². The van der Waals surface area contributed by atoms with Gasteiger partial charge in [-0.3, -0.25) is 5.32 Å². The lowest BCUT2D eigenvalue weighted by Crippen LogP contribution is -2.40. The second-order valence-corrected chi connectivity index (χ2v) is 6.72. The van der Waals surface area contributed by atoms with Gasteiger partial charge in [-0.2, -0.15) is 13.2 Å². The summed E-state index contributed by atoms with van der Waals surface area (Å²) in [7, 11) is 0. The second-order valence-electron chi connectivity index (χ2n) is 6.72. The summed E-state index contributed by atoms with van der Waals surface area (Å²) in [5.41, 5.74) is -0.219. The third kappa shape index (κ3) is 5.96. The van der Waals surface area contributed by atoms with E-state index in [4.69, 9.17) is 4.74 Å². The SMILES string of the molecule is CC(NC(O)C[C@@](C)(O)C1CC1)c1cccc(OCC(F)(F)F)c1.